The van der Waals surface area contributed by atoms with Gasteiger partial charge in [0.1, 0.15) is 0 Å². The molecule has 0 heterocycles. The smallest absolute Gasteiger partial charge is 0.321 e. The predicted molar refractivity (Wildman–Crippen MR) is 81.1 cm³/mol. The molecule has 0 saturated heterocycles. The van der Waals surface area contributed by atoms with Crippen LogP contribution in [0.4, 0.5) is 4.79 Å². The molecule has 0 aliphatic rings. The first-order chi connectivity index (χ1) is 11.0. The summed E-state index contributed by atoms with van der Waals surface area (Å²) in [6.45, 7) is 1.17. The van der Waals surface area contributed by atoms with Gasteiger partial charge in [0.15, 0.2) is 6.61 Å². The molecule has 0 aliphatic carbocycles. The Morgan fingerprint density at radius 2 is 1.74 bits per heavy atom. The van der Waals surface area contributed by atoms with E-state index in [1.807, 2.05) is 35.6 Å². The van der Waals surface area contributed by atoms with Crippen molar-refractivity contribution in [2.24, 2.45) is 0 Å². The molecule has 0 radical (unpaired) electrons. The molecule has 1 aromatic carbocycles. The number of rotatable bonds is 7. The van der Waals surface area contributed by atoms with Crippen LogP contribution in [0.1, 0.15) is 18.9 Å². The van der Waals surface area contributed by atoms with Gasteiger partial charge in [-0.3, -0.25) is 19.7 Å². The summed E-state index contributed by atoms with van der Waals surface area (Å²) in [7, 11) is 0. The SMILES string of the molecule is CC(=O)NCCC(=O)OCC(=O)NC(=O)NCc1ccccc1. The number of hydrogen-bond acceptors (Lipinski definition) is 5. The zero-order chi connectivity index (χ0) is 17.1. The molecule has 8 heteroatoms. The molecule has 0 saturated carbocycles. The van der Waals surface area contributed by atoms with E-state index >= 15 is 0 Å². The van der Waals surface area contributed by atoms with Gasteiger partial charge in [0.2, 0.25) is 5.91 Å². The van der Waals surface area contributed by atoms with Crippen LogP contribution in [-0.4, -0.2) is 37.0 Å². The highest BCUT2D eigenvalue weighted by Gasteiger charge is 2.10. The van der Waals surface area contributed by atoms with E-state index in [4.69, 9.17) is 0 Å². The number of carbonyl (C=O) groups is 4. The lowest BCUT2D eigenvalue weighted by Crippen LogP contribution is -2.41. The van der Waals surface area contributed by atoms with Crippen LogP contribution >= 0.6 is 0 Å². The highest BCUT2D eigenvalue weighted by molar-refractivity contribution is 5.95. The first kappa shape index (κ1) is 18.1. The monoisotopic (exact) mass is 321 g/mol. The largest absolute Gasteiger partial charge is 0.456 e. The fourth-order valence-electron chi connectivity index (χ4n) is 1.54. The van der Waals surface area contributed by atoms with Gasteiger partial charge < -0.3 is 15.4 Å². The van der Waals surface area contributed by atoms with Gasteiger partial charge in [-0.15, -0.1) is 0 Å². The standard InChI is InChI=1S/C15H19N3O5/c1-11(19)16-8-7-14(21)23-10-13(20)18-15(22)17-9-12-5-3-2-4-6-12/h2-6H,7-10H2,1H3,(H,16,19)(H2,17,18,20,22). The van der Waals surface area contributed by atoms with Crippen molar-refractivity contribution in [3.8, 4) is 0 Å². The molecule has 1 rings (SSSR count). The second kappa shape index (κ2) is 9.93. The summed E-state index contributed by atoms with van der Waals surface area (Å²) in [5.74, 6) is -1.63. The van der Waals surface area contributed by atoms with Crippen LogP contribution in [0.3, 0.4) is 0 Å². The molecule has 4 amide bonds. The van der Waals surface area contributed by atoms with Crippen molar-refractivity contribution in [3.05, 3.63) is 35.9 Å². The Hall–Kier alpha value is -2.90. The number of benzene rings is 1. The van der Waals surface area contributed by atoms with E-state index in [-0.39, 0.29) is 25.4 Å². The molecule has 0 unspecified atom stereocenters. The summed E-state index contributed by atoms with van der Waals surface area (Å²) in [6, 6.07) is 8.51. The summed E-state index contributed by atoms with van der Waals surface area (Å²) in [4.78, 5) is 44.8. The summed E-state index contributed by atoms with van der Waals surface area (Å²) in [5.41, 5.74) is 0.888. The lowest BCUT2D eigenvalue weighted by molar-refractivity contribution is -0.148. The van der Waals surface area contributed by atoms with Crippen LogP contribution in [0.5, 0.6) is 0 Å². The van der Waals surface area contributed by atoms with Gasteiger partial charge in [0, 0.05) is 20.0 Å². The maximum Gasteiger partial charge on any atom is 0.321 e. The molecular formula is C15H19N3O5. The van der Waals surface area contributed by atoms with Gasteiger partial charge in [-0.2, -0.15) is 0 Å². The second-order valence-electron chi connectivity index (χ2n) is 4.61. The van der Waals surface area contributed by atoms with Gasteiger partial charge in [-0.25, -0.2) is 4.79 Å². The number of amides is 4. The summed E-state index contributed by atoms with van der Waals surface area (Å²) in [5, 5.41) is 6.97. The maximum atomic E-state index is 11.5. The van der Waals surface area contributed by atoms with Crippen molar-refractivity contribution in [3.63, 3.8) is 0 Å². The normalized spacial score (nSPS) is 9.61. The minimum absolute atomic E-state index is 0.0485. The number of urea groups is 1. The fraction of sp³-hybridized carbons (Fsp3) is 0.333. The Morgan fingerprint density at radius 1 is 1.04 bits per heavy atom. The van der Waals surface area contributed by atoms with E-state index in [9.17, 15) is 19.2 Å². The minimum atomic E-state index is -0.733. The molecule has 124 valence electrons. The Balaban J connectivity index is 2.16. The Bertz CT molecular complexity index is 559. The van der Waals surface area contributed by atoms with E-state index in [2.05, 4.69) is 15.4 Å². The molecule has 0 spiro atoms. The van der Waals surface area contributed by atoms with Gasteiger partial charge in [-0.1, -0.05) is 30.3 Å². The first-order valence-corrected chi connectivity index (χ1v) is 6.99. The summed E-state index contributed by atoms with van der Waals surface area (Å²) in [6.07, 6.45) is -0.0485. The van der Waals surface area contributed by atoms with Crippen molar-refractivity contribution < 1.29 is 23.9 Å². The summed E-state index contributed by atoms with van der Waals surface area (Å²) >= 11 is 0. The molecule has 0 bridgehead atoms. The third-order valence-electron chi connectivity index (χ3n) is 2.62. The number of imide groups is 1. The molecule has 0 aliphatic heterocycles. The Morgan fingerprint density at radius 3 is 2.39 bits per heavy atom. The zero-order valence-corrected chi connectivity index (χ0v) is 12.8. The van der Waals surface area contributed by atoms with Crippen LogP contribution in [0.25, 0.3) is 0 Å². The highest BCUT2D eigenvalue weighted by Crippen LogP contribution is 1.96. The lowest BCUT2D eigenvalue weighted by Gasteiger charge is -2.07. The van der Waals surface area contributed by atoms with Crippen LogP contribution in [-0.2, 0) is 25.7 Å². The molecule has 0 atom stereocenters. The van der Waals surface area contributed by atoms with Crippen LogP contribution in [0.2, 0.25) is 0 Å². The van der Waals surface area contributed by atoms with Crippen LogP contribution < -0.4 is 16.0 Å². The van der Waals surface area contributed by atoms with Crippen molar-refractivity contribution >= 4 is 23.8 Å². The quantitative estimate of drug-likeness (QED) is 0.616. The van der Waals surface area contributed by atoms with Gasteiger partial charge in [0.05, 0.1) is 6.42 Å². The fourth-order valence-corrected chi connectivity index (χ4v) is 1.54. The molecular weight excluding hydrogens is 302 g/mol. The average Bonchev–Trinajstić information content (AvgIpc) is 2.51. The molecule has 8 nitrogen and oxygen atoms in total. The van der Waals surface area contributed by atoms with Gasteiger partial charge in [-0.05, 0) is 5.56 Å². The molecule has 23 heavy (non-hydrogen) atoms. The number of esters is 1. The molecule has 0 fully saturated rings. The minimum Gasteiger partial charge on any atom is -0.456 e. The number of carbonyl (C=O) groups excluding carboxylic acids is 4. The van der Waals surface area contributed by atoms with E-state index in [1.165, 1.54) is 6.92 Å². The molecule has 1 aromatic rings. The van der Waals surface area contributed by atoms with E-state index < -0.39 is 24.5 Å². The Labute approximate surface area is 133 Å². The topological polar surface area (TPSA) is 114 Å². The highest BCUT2D eigenvalue weighted by atomic mass is 16.5. The van der Waals surface area contributed by atoms with E-state index in [1.54, 1.807) is 0 Å². The molecule has 0 aromatic heterocycles. The first-order valence-electron chi connectivity index (χ1n) is 6.99. The number of ether oxygens (including phenoxy) is 1. The second-order valence-corrected chi connectivity index (χ2v) is 4.61. The zero-order valence-electron chi connectivity index (χ0n) is 12.8. The van der Waals surface area contributed by atoms with Crippen LogP contribution in [0.15, 0.2) is 30.3 Å². The van der Waals surface area contributed by atoms with Crippen molar-refractivity contribution in [2.45, 2.75) is 19.9 Å². The average molecular weight is 321 g/mol. The number of hydrogen-bond donors (Lipinski definition) is 3. The third kappa shape index (κ3) is 8.86. The Kier molecular flexibility index (Phi) is 7.84. The lowest BCUT2D eigenvalue weighted by atomic mass is 10.2. The third-order valence-corrected chi connectivity index (χ3v) is 2.62. The van der Waals surface area contributed by atoms with E-state index in [0.717, 1.165) is 5.56 Å². The van der Waals surface area contributed by atoms with Gasteiger partial charge in [0.25, 0.3) is 5.91 Å². The van der Waals surface area contributed by atoms with Gasteiger partial charge >= 0.3 is 12.0 Å². The maximum absolute atomic E-state index is 11.5. The van der Waals surface area contributed by atoms with Crippen molar-refractivity contribution in [2.75, 3.05) is 13.2 Å². The van der Waals surface area contributed by atoms with Crippen molar-refractivity contribution in [1.29, 1.82) is 0 Å². The predicted octanol–water partition coefficient (Wildman–Crippen LogP) is 0.0818. The van der Waals surface area contributed by atoms with E-state index in [0.29, 0.717) is 0 Å². The summed E-state index contributed by atoms with van der Waals surface area (Å²) < 4.78 is 4.67. The molecule has 3 N–H and O–H groups in total. The number of nitrogens with one attached hydrogen (secondary N) is 3. The van der Waals surface area contributed by atoms with Crippen molar-refractivity contribution in [1.82, 2.24) is 16.0 Å². The van der Waals surface area contributed by atoms with Crippen LogP contribution in [0, 0.1) is 0 Å².